The van der Waals surface area contributed by atoms with Gasteiger partial charge in [-0.2, -0.15) is 0 Å². The van der Waals surface area contributed by atoms with E-state index in [-0.39, 0.29) is 6.10 Å². The smallest absolute Gasteiger partial charge is 0.0664 e. The second-order valence-electron chi connectivity index (χ2n) is 4.44. The Morgan fingerprint density at radius 3 is 2.44 bits per heavy atom. The second-order valence-corrected chi connectivity index (χ2v) is 4.44. The third-order valence-corrected chi connectivity index (χ3v) is 2.95. The molecule has 0 fully saturated rings. The first-order valence-corrected chi connectivity index (χ1v) is 6.09. The Bertz CT molecular complexity index is 302. The van der Waals surface area contributed by atoms with E-state index in [2.05, 4.69) is 44.3 Å². The highest BCUT2D eigenvalue weighted by Crippen LogP contribution is 2.12. The van der Waals surface area contributed by atoms with E-state index in [0.29, 0.717) is 6.54 Å². The van der Waals surface area contributed by atoms with Crippen LogP contribution in [0.1, 0.15) is 36.5 Å². The van der Waals surface area contributed by atoms with Crippen LogP contribution < -0.4 is 5.32 Å². The molecule has 1 atom stereocenters. The molecule has 0 spiro atoms. The summed E-state index contributed by atoms with van der Waals surface area (Å²) in [6.45, 7) is 7.88. The number of nitrogens with one attached hydrogen (secondary N) is 1. The van der Waals surface area contributed by atoms with Gasteiger partial charge in [0.2, 0.25) is 0 Å². The number of rotatable bonds is 6. The van der Waals surface area contributed by atoms with Crippen molar-refractivity contribution >= 4 is 0 Å². The molecule has 90 valence electrons. The first kappa shape index (κ1) is 13.2. The van der Waals surface area contributed by atoms with Gasteiger partial charge in [0.05, 0.1) is 6.10 Å². The van der Waals surface area contributed by atoms with Crippen LogP contribution in [0, 0.1) is 13.8 Å². The summed E-state index contributed by atoms with van der Waals surface area (Å²) in [5.74, 6) is 0. The van der Waals surface area contributed by atoms with E-state index in [9.17, 15) is 5.11 Å². The highest BCUT2D eigenvalue weighted by atomic mass is 16.3. The normalized spacial score (nSPS) is 12.8. The molecular weight excluding hydrogens is 198 g/mol. The lowest BCUT2D eigenvalue weighted by Gasteiger charge is -2.13. The van der Waals surface area contributed by atoms with E-state index >= 15 is 0 Å². The van der Waals surface area contributed by atoms with E-state index in [1.54, 1.807) is 0 Å². The Morgan fingerprint density at radius 2 is 1.88 bits per heavy atom. The van der Waals surface area contributed by atoms with Gasteiger partial charge in [0.25, 0.3) is 0 Å². The van der Waals surface area contributed by atoms with Gasteiger partial charge in [-0.1, -0.05) is 31.5 Å². The largest absolute Gasteiger partial charge is 0.392 e. The van der Waals surface area contributed by atoms with E-state index < -0.39 is 0 Å². The third kappa shape index (κ3) is 3.95. The zero-order valence-corrected chi connectivity index (χ0v) is 10.6. The summed E-state index contributed by atoms with van der Waals surface area (Å²) in [5, 5.41) is 12.9. The van der Waals surface area contributed by atoms with E-state index in [0.717, 1.165) is 19.4 Å². The summed E-state index contributed by atoms with van der Waals surface area (Å²) < 4.78 is 0. The van der Waals surface area contributed by atoms with Crippen LogP contribution in [-0.4, -0.2) is 17.8 Å². The molecule has 0 aliphatic rings. The Kier molecular flexibility index (Phi) is 5.50. The molecule has 1 rings (SSSR count). The predicted molar refractivity (Wildman–Crippen MR) is 68.5 cm³/mol. The van der Waals surface area contributed by atoms with Gasteiger partial charge in [0, 0.05) is 13.1 Å². The zero-order valence-electron chi connectivity index (χ0n) is 10.6. The summed E-state index contributed by atoms with van der Waals surface area (Å²) in [6, 6.07) is 6.35. The minimum absolute atomic E-state index is 0.214. The molecule has 0 radical (unpaired) electrons. The van der Waals surface area contributed by atoms with Gasteiger partial charge in [0.15, 0.2) is 0 Å². The third-order valence-electron chi connectivity index (χ3n) is 2.95. The average Bonchev–Trinajstić information content (AvgIpc) is 2.23. The van der Waals surface area contributed by atoms with Crippen LogP contribution in [0.4, 0.5) is 0 Å². The molecule has 1 aromatic carbocycles. The van der Waals surface area contributed by atoms with Crippen molar-refractivity contribution in [2.75, 3.05) is 6.54 Å². The number of aliphatic hydroxyl groups is 1. The van der Waals surface area contributed by atoms with Gasteiger partial charge in [-0.15, -0.1) is 0 Å². The van der Waals surface area contributed by atoms with Crippen molar-refractivity contribution < 1.29 is 5.11 Å². The van der Waals surface area contributed by atoms with Gasteiger partial charge in [-0.05, 0) is 37.0 Å². The summed E-state index contributed by atoms with van der Waals surface area (Å²) in [5.41, 5.74) is 3.99. The minimum Gasteiger partial charge on any atom is -0.392 e. The monoisotopic (exact) mass is 221 g/mol. The van der Waals surface area contributed by atoms with Crippen LogP contribution in [-0.2, 0) is 6.54 Å². The van der Waals surface area contributed by atoms with Crippen molar-refractivity contribution in [2.45, 2.75) is 46.3 Å². The van der Waals surface area contributed by atoms with Crippen molar-refractivity contribution in [3.63, 3.8) is 0 Å². The molecule has 0 heterocycles. The molecule has 0 bridgehead atoms. The first-order chi connectivity index (χ1) is 7.65. The van der Waals surface area contributed by atoms with Gasteiger partial charge in [-0.3, -0.25) is 0 Å². The predicted octanol–water partition coefficient (Wildman–Crippen LogP) is 2.55. The van der Waals surface area contributed by atoms with Crippen molar-refractivity contribution in [1.82, 2.24) is 5.32 Å². The molecule has 0 aromatic heterocycles. The summed E-state index contributed by atoms with van der Waals surface area (Å²) in [6.07, 6.45) is 1.70. The van der Waals surface area contributed by atoms with Crippen LogP contribution in [0.2, 0.25) is 0 Å². The Hall–Kier alpha value is -0.860. The topological polar surface area (TPSA) is 32.3 Å². The van der Waals surface area contributed by atoms with Gasteiger partial charge in [0.1, 0.15) is 0 Å². The molecule has 0 aliphatic carbocycles. The number of hydrogen-bond acceptors (Lipinski definition) is 2. The summed E-state index contributed by atoms with van der Waals surface area (Å²) in [7, 11) is 0. The molecule has 0 aliphatic heterocycles. The fourth-order valence-electron chi connectivity index (χ4n) is 1.93. The van der Waals surface area contributed by atoms with Crippen LogP contribution in [0.25, 0.3) is 0 Å². The van der Waals surface area contributed by atoms with E-state index in [4.69, 9.17) is 0 Å². The summed E-state index contributed by atoms with van der Waals surface area (Å²) in [4.78, 5) is 0. The minimum atomic E-state index is -0.214. The molecule has 0 saturated carbocycles. The van der Waals surface area contributed by atoms with E-state index in [1.165, 1.54) is 16.7 Å². The lowest BCUT2D eigenvalue weighted by atomic mass is 10.0. The van der Waals surface area contributed by atoms with Crippen LogP contribution in [0.5, 0.6) is 0 Å². The molecule has 2 nitrogen and oxygen atoms in total. The Morgan fingerprint density at radius 1 is 1.25 bits per heavy atom. The molecule has 1 unspecified atom stereocenters. The first-order valence-electron chi connectivity index (χ1n) is 6.09. The number of hydrogen-bond donors (Lipinski definition) is 2. The van der Waals surface area contributed by atoms with Crippen molar-refractivity contribution in [1.29, 1.82) is 0 Å². The standard InChI is InChI=1S/C14H23NO/c1-4-6-13(16)9-15-10-14-11(2)7-5-8-12(14)3/h5,7-8,13,15-16H,4,6,9-10H2,1-3H3. The Labute approximate surface area is 98.7 Å². The highest BCUT2D eigenvalue weighted by molar-refractivity contribution is 5.33. The van der Waals surface area contributed by atoms with Crippen LogP contribution in [0.3, 0.4) is 0 Å². The van der Waals surface area contributed by atoms with Crippen molar-refractivity contribution in [3.8, 4) is 0 Å². The van der Waals surface area contributed by atoms with Gasteiger partial charge >= 0.3 is 0 Å². The maximum atomic E-state index is 9.60. The highest BCUT2D eigenvalue weighted by Gasteiger charge is 2.04. The van der Waals surface area contributed by atoms with Crippen LogP contribution in [0.15, 0.2) is 18.2 Å². The molecule has 2 N–H and O–H groups in total. The molecular formula is C14H23NO. The average molecular weight is 221 g/mol. The van der Waals surface area contributed by atoms with Crippen molar-refractivity contribution in [3.05, 3.63) is 34.9 Å². The fraction of sp³-hybridized carbons (Fsp3) is 0.571. The van der Waals surface area contributed by atoms with Gasteiger partial charge < -0.3 is 10.4 Å². The SMILES string of the molecule is CCCC(O)CNCc1c(C)cccc1C. The number of benzene rings is 1. The van der Waals surface area contributed by atoms with Crippen LogP contribution >= 0.6 is 0 Å². The molecule has 0 amide bonds. The molecule has 2 heteroatoms. The Balaban J connectivity index is 2.43. The fourth-order valence-corrected chi connectivity index (χ4v) is 1.93. The van der Waals surface area contributed by atoms with Gasteiger partial charge in [-0.25, -0.2) is 0 Å². The number of aliphatic hydroxyl groups excluding tert-OH is 1. The maximum Gasteiger partial charge on any atom is 0.0664 e. The van der Waals surface area contributed by atoms with E-state index in [1.807, 2.05) is 0 Å². The lowest BCUT2D eigenvalue weighted by molar-refractivity contribution is 0.160. The maximum absolute atomic E-state index is 9.60. The molecule has 0 saturated heterocycles. The summed E-state index contributed by atoms with van der Waals surface area (Å²) >= 11 is 0. The number of aryl methyl sites for hydroxylation is 2. The molecule has 1 aromatic rings. The van der Waals surface area contributed by atoms with Crippen molar-refractivity contribution in [2.24, 2.45) is 0 Å². The second kappa shape index (κ2) is 6.66. The lowest BCUT2D eigenvalue weighted by Crippen LogP contribution is -2.26. The zero-order chi connectivity index (χ0) is 12.0. The quantitative estimate of drug-likeness (QED) is 0.773. The molecule has 16 heavy (non-hydrogen) atoms.